The number of pyridine rings is 2. The van der Waals surface area contributed by atoms with Gasteiger partial charge in [0.15, 0.2) is 5.11 Å². The fourth-order valence-electron chi connectivity index (χ4n) is 8.35. The Morgan fingerprint density at radius 1 is 0.967 bits per heavy atom. The first-order valence-corrected chi connectivity index (χ1v) is 21.1. The number of nitriles is 1. The van der Waals surface area contributed by atoms with Crippen LogP contribution >= 0.6 is 23.8 Å². The summed E-state index contributed by atoms with van der Waals surface area (Å²) >= 11 is 11.9. The fourth-order valence-corrected chi connectivity index (χ4v) is 9.09. The van der Waals surface area contributed by atoms with Gasteiger partial charge in [-0.25, -0.2) is 14.4 Å². The third kappa shape index (κ3) is 8.56. The second-order valence-corrected chi connectivity index (χ2v) is 17.0. The summed E-state index contributed by atoms with van der Waals surface area (Å²) in [6.45, 7) is 12.8. The maximum absolute atomic E-state index is 15.6. The predicted octanol–water partition coefficient (Wildman–Crippen LogP) is 6.14. The van der Waals surface area contributed by atoms with Crippen LogP contribution in [0.5, 0.6) is 0 Å². The number of thiocarbonyl (C=S) groups is 1. The lowest BCUT2D eigenvalue weighted by molar-refractivity contribution is -0.120. The number of aromatic amines is 1. The summed E-state index contributed by atoms with van der Waals surface area (Å²) in [5.41, 5.74) is 3.26. The largest absolute Gasteiger partial charge is 0.341 e. The van der Waals surface area contributed by atoms with Crippen LogP contribution in [-0.2, 0) is 17.8 Å². The molecule has 2 aromatic carbocycles. The molecule has 0 unspecified atom stereocenters. The highest BCUT2D eigenvalue weighted by atomic mass is 35.5. The molecule has 0 radical (unpaired) electrons. The van der Waals surface area contributed by atoms with Gasteiger partial charge in [-0.05, 0) is 105 Å². The zero-order valence-corrected chi connectivity index (χ0v) is 35.7. The number of aryl methyl sites for hydroxylation is 1. The van der Waals surface area contributed by atoms with Gasteiger partial charge in [-0.2, -0.15) is 5.26 Å². The number of aromatic nitrogens is 4. The van der Waals surface area contributed by atoms with Gasteiger partial charge in [-0.1, -0.05) is 18.5 Å². The Morgan fingerprint density at radius 3 is 2.34 bits per heavy atom. The number of rotatable bonds is 10. The summed E-state index contributed by atoms with van der Waals surface area (Å²) in [6, 6.07) is 14.5. The molecule has 2 amide bonds. The fraction of sp³-hybridized carbons (Fsp3) is 0.364. The summed E-state index contributed by atoms with van der Waals surface area (Å²) < 4.78 is 15.6. The number of halogens is 2. The summed E-state index contributed by atoms with van der Waals surface area (Å²) in [6.07, 6.45) is 7.68. The topological polar surface area (TPSA) is 158 Å². The van der Waals surface area contributed by atoms with E-state index in [4.69, 9.17) is 23.8 Å². The minimum atomic E-state index is -1.19. The summed E-state index contributed by atoms with van der Waals surface area (Å²) in [4.78, 5) is 65.7. The lowest BCUT2D eigenvalue weighted by Crippen LogP contribution is -2.48. The van der Waals surface area contributed by atoms with E-state index in [2.05, 4.69) is 40.0 Å². The van der Waals surface area contributed by atoms with E-state index in [1.54, 1.807) is 19.9 Å². The number of hydrogen-bond donors (Lipinski definition) is 2. The van der Waals surface area contributed by atoms with Crippen molar-refractivity contribution in [2.75, 3.05) is 65.8 Å². The van der Waals surface area contributed by atoms with Crippen molar-refractivity contribution in [3.8, 4) is 6.07 Å². The third-order valence-electron chi connectivity index (χ3n) is 11.8. The Bertz CT molecular complexity index is 2620. The van der Waals surface area contributed by atoms with Crippen molar-refractivity contribution in [3.63, 3.8) is 0 Å². The van der Waals surface area contributed by atoms with Crippen molar-refractivity contribution in [2.45, 2.75) is 52.1 Å². The second kappa shape index (κ2) is 17.3. The molecule has 314 valence electrons. The van der Waals surface area contributed by atoms with Crippen LogP contribution in [0.1, 0.15) is 60.7 Å². The third-order valence-corrected chi connectivity index (χ3v) is 12.5. The zero-order chi connectivity index (χ0) is 43.0. The number of hydrogen-bond acceptors (Lipinski definition) is 11. The number of anilines is 4. The van der Waals surface area contributed by atoms with Crippen LogP contribution in [0.25, 0.3) is 11.0 Å². The molecule has 0 bridgehead atoms. The molecule has 3 aliphatic heterocycles. The van der Waals surface area contributed by atoms with Crippen LogP contribution in [0.3, 0.4) is 0 Å². The van der Waals surface area contributed by atoms with Gasteiger partial charge < -0.3 is 25.0 Å². The molecular formula is C44H45ClFN11O3S. The molecule has 17 heteroatoms. The van der Waals surface area contributed by atoms with E-state index in [9.17, 15) is 19.6 Å². The van der Waals surface area contributed by atoms with Crippen molar-refractivity contribution in [1.29, 1.82) is 5.26 Å². The normalized spacial score (nSPS) is 17.6. The molecule has 3 aliphatic rings. The van der Waals surface area contributed by atoms with Crippen LogP contribution < -0.4 is 25.6 Å². The maximum Gasteiger partial charge on any atom is 0.259 e. The average molecular weight is 862 g/mol. The molecule has 14 nitrogen and oxygen atoms in total. The van der Waals surface area contributed by atoms with E-state index in [0.29, 0.717) is 29.7 Å². The highest BCUT2D eigenvalue weighted by molar-refractivity contribution is 7.81. The number of nitrogens with zero attached hydrogens (tertiary/aromatic N) is 9. The molecule has 6 heterocycles. The first-order valence-electron chi connectivity index (χ1n) is 20.3. The van der Waals surface area contributed by atoms with E-state index in [-0.39, 0.29) is 38.4 Å². The van der Waals surface area contributed by atoms with E-state index < -0.39 is 17.3 Å². The van der Waals surface area contributed by atoms with Gasteiger partial charge >= 0.3 is 0 Å². The molecule has 2 N–H and O–H groups in total. The number of nitrogens with one attached hydrogen (secondary N) is 2. The molecule has 0 saturated carbocycles. The van der Waals surface area contributed by atoms with Gasteiger partial charge in [0, 0.05) is 69.8 Å². The lowest BCUT2D eigenvalue weighted by atomic mass is 9.96. The maximum atomic E-state index is 15.6. The van der Waals surface area contributed by atoms with E-state index in [1.807, 2.05) is 31.3 Å². The molecule has 3 fully saturated rings. The van der Waals surface area contributed by atoms with Gasteiger partial charge in [0.25, 0.3) is 17.4 Å². The van der Waals surface area contributed by atoms with Gasteiger partial charge in [-0.3, -0.25) is 29.2 Å². The van der Waals surface area contributed by atoms with Crippen molar-refractivity contribution in [2.24, 2.45) is 5.92 Å². The van der Waals surface area contributed by atoms with E-state index in [1.165, 1.54) is 52.5 Å². The minimum absolute atomic E-state index is 0.0433. The Hall–Kier alpha value is -5.86. The summed E-state index contributed by atoms with van der Waals surface area (Å²) in [5, 5.41) is 12.2. The number of carbonyl (C=O) groups is 2. The van der Waals surface area contributed by atoms with Crippen molar-refractivity contribution >= 4 is 74.8 Å². The second-order valence-electron chi connectivity index (χ2n) is 16.2. The highest BCUT2D eigenvalue weighted by Crippen LogP contribution is 2.38. The first-order chi connectivity index (χ1) is 29.3. The van der Waals surface area contributed by atoms with Gasteiger partial charge in [-0.15, -0.1) is 0 Å². The monoisotopic (exact) mass is 861 g/mol. The van der Waals surface area contributed by atoms with Gasteiger partial charge in [0.05, 0.1) is 51.0 Å². The molecule has 3 aromatic heterocycles. The Balaban J connectivity index is 0.807. The number of amides is 2. The Morgan fingerprint density at radius 2 is 1.67 bits per heavy atom. The quantitative estimate of drug-likeness (QED) is 0.155. The number of benzene rings is 2. The van der Waals surface area contributed by atoms with E-state index >= 15 is 4.39 Å². The molecule has 0 aliphatic carbocycles. The first kappa shape index (κ1) is 41.9. The van der Waals surface area contributed by atoms with E-state index in [0.717, 1.165) is 87.4 Å². The van der Waals surface area contributed by atoms with Crippen LogP contribution in [0.2, 0.25) is 5.02 Å². The standard InChI is InChI=1S/C44H45ClFN11O3S/c1-4-29-18-37-38(52-39(29)58)17-28(22-48-37)26-54-15-13-53(14-16-54)25-27-9-11-55(12-10-27)42-49-23-31(24-50-42)51-40(59)34-8-7-33(20-36(34)46)57-43(61)56(41(60)44(57,2)3)32-6-5-30(21-47)35(45)19-32/h5-8,17-20,22-24,27H,4,9-16,25-26H2,1-3H3,(H,51,59)(H,52,58). The summed E-state index contributed by atoms with van der Waals surface area (Å²) in [7, 11) is 0. The molecule has 0 atom stereocenters. The number of piperazine rings is 1. The molecule has 5 aromatic rings. The zero-order valence-electron chi connectivity index (χ0n) is 34.1. The Kier molecular flexibility index (Phi) is 11.8. The van der Waals surface area contributed by atoms with Gasteiger partial charge in [0.1, 0.15) is 17.4 Å². The minimum Gasteiger partial charge on any atom is -0.341 e. The molecule has 3 saturated heterocycles. The highest BCUT2D eigenvalue weighted by Gasteiger charge is 2.50. The summed E-state index contributed by atoms with van der Waals surface area (Å²) in [5.74, 6) is -0.686. The number of piperidine rings is 1. The van der Waals surface area contributed by atoms with Crippen LogP contribution in [-0.4, -0.2) is 98.0 Å². The number of carbonyl (C=O) groups excluding carboxylic acids is 2. The van der Waals surface area contributed by atoms with Crippen molar-refractivity contribution < 1.29 is 14.0 Å². The number of H-pyrrole nitrogens is 1. The van der Waals surface area contributed by atoms with Crippen molar-refractivity contribution in [1.82, 2.24) is 29.7 Å². The Labute approximate surface area is 362 Å². The smallest absolute Gasteiger partial charge is 0.259 e. The average Bonchev–Trinajstić information content (AvgIpc) is 3.43. The van der Waals surface area contributed by atoms with Crippen LogP contribution in [0, 0.1) is 23.1 Å². The van der Waals surface area contributed by atoms with Gasteiger partial charge in [0.2, 0.25) is 5.95 Å². The lowest BCUT2D eigenvalue weighted by Gasteiger charge is -2.39. The number of fused-ring (bicyclic) bond motifs is 1. The molecular weight excluding hydrogens is 817 g/mol. The van der Waals surface area contributed by atoms with Crippen molar-refractivity contribution in [3.05, 3.63) is 111 Å². The SMILES string of the molecule is CCc1cc2ncc(CN3CCN(CC4CCN(c5ncc(NC(=O)c6ccc(N7C(=S)N(c8ccc(C#N)c(Cl)c8)C(=O)C7(C)C)cc6F)cn5)CC4)CC3)cc2[nH]c1=O. The van der Waals surface area contributed by atoms with Crippen LogP contribution in [0.15, 0.2) is 71.9 Å². The predicted molar refractivity (Wildman–Crippen MR) is 238 cm³/mol. The van der Waals surface area contributed by atoms with Crippen LogP contribution in [0.4, 0.5) is 27.4 Å². The molecule has 61 heavy (non-hydrogen) atoms. The molecule has 8 rings (SSSR count). The molecule has 0 spiro atoms.